The molecule has 6 rings (SSSR count). The van der Waals surface area contributed by atoms with Gasteiger partial charge in [-0.15, -0.1) is 0 Å². The van der Waals surface area contributed by atoms with E-state index in [1.165, 1.54) is 44.8 Å². The number of pyridine rings is 1. The molecule has 122 valence electrons. The molecular weight excluding hydrogens is 316 g/mol. The van der Waals surface area contributed by atoms with Crippen molar-refractivity contribution in [3.05, 3.63) is 96.2 Å². The van der Waals surface area contributed by atoms with Crippen molar-refractivity contribution in [2.24, 2.45) is 0 Å². The van der Waals surface area contributed by atoms with E-state index in [9.17, 15) is 0 Å². The fraction of sp³-hybridized carbons (Fsp3) is 0.0417. The average molecular weight is 332 g/mol. The average Bonchev–Trinajstić information content (AvgIpc) is 2.83. The number of aromatic nitrogens is 1. The van der Waals surface area contributed by atoms with Gasteiger partial charge in [-0.3, -0.25) is 4.90 Å². The highest BCUT2D eigenvalue weighted by atomic mass is 15.2. The largest absolute Gasteiger partial charge is 0.293 e. The number of fused-ring (bicyclic) bond motifs is 7. The van der Waals surface area contributed by atoms with Crippen molar-refractivity contribution in [3.8, 4) is 22.3 Å². The summed E-state index contributed by atoms with van der Waals surface area (Å²) in [7, 11) is 0. The normalized spacial score (nSPS) is 13.2. The number of hydrogen-bond donors (Lipinski definition) is 0. The molecule has 0 aliphatic carbocycles. The molecule has 0 bridgehead atoms. The first-order valence-electron chi connectivity index (χ1n) is 8.96. The number of para-hydroxylation sites is 2. The Labute approximate surface area is 152 Å². The van der Waals surface area contributed by atoms with E-state index in [4.69, 9.17) is 4.98 Å². The Kier molecular flexibility index (Phi) is 2.69. The van der Waals surface area contributed by atoms with Crippen molar-refractivity contribution in [2.75, 3.05) is 4.90 Å². The van der Waals surface area contributed by atoms with E-state index in [1.54, 1.807) is 0 Å². The predicted octanol–water partition coefficient (Wildman–Crippen LogP) is 6.10. The highest BCUT2D eigenvalue weighted by molar-refractivity contribution is 6.03. The van der Waals surface area contributed by atoms with Crippen LogP contribution in [0.3, 0.4) is 0 Å². The van der Waals surface area contributed by atoms with Crippen LogP contribution in [0.25, 0.3) is 22.3 Å². The van der Waals surface area contributed by atoms with Crippen LogP contribution in [0.2, 0.25) is 0 Å². The Morgan fingerprint density at radius 3 is 2.19 bits per heavy atom. The van der Waals surface area contributed by atoms with Gasteiger partial charge in [0.1, 0.15) is 5.82 Å². The number of nitrogens with zero attached hydrogens (tertiary/aromatic N) is 2. The summed E-state index contributed by atoms with van der Waals surface area (Å²) < 4.78 is 0. The van der Waals surface area contributed by atoms with E-state index in [0.29, 0.717) is 0 Å². The first kappa shape index (κ1) is 13.9. The molecule has 1 aromatic heterocycles. The van der Waals surface area contributed by atoms with Crippen molar-refractivity contribution < 1.29 is 0 Å². The van der Waals surface area contributed by atoms with Gasteiger partial charge in [0.15, 0.2) is 0 Å². The summed E-state index contributed by atoms with van der Waals surface area (Å²) in [4.78, 5) is 7.13. The molecule has 4 aromatic rings. The van der Waals surface area contributed by atoms with Gasteiger partial charge in [0.05, 0.1) is 11.4 Å². The smallest absolute Gasteiger partial charge is 0.141 e. The van der Waals surface area contributed by atoms with E-state index >= 15 is 0 Å². The van der Waals surface area contributed by atoms with Crippen LogP contribution < -0.4 is 4.90 Å². The van der Waals surface area contributed by atoms with Gasteiger partial charge in [-0.2, -0.15) is 0 Å². The minimum atomic E-state index is 0.924. The fourth-order valence-electron chi connectivity index (χ4n) is 4.38. The molecule has 3 heterocycles. The van der Waals surface area contributed by atoms with Crippen LogP contribution in [0.15, 0.2) is 85.1 Å². The third-order valence-corrected chi connectivity index (χ3v) is 5.46. The molecule has 2 aliphatic rings. The Morgan fingerprint density at radius 2 is 1.31 bits per heavy atom. The molecule has 0 spiro atoms. The van der Waals surface area contributed by atoms with Crippen molar-refractivity contribution in [2.45, 2.75) is 6.42 Å². The minimum absolute atomic E-state index is 0.924. The molecule has 2 nitrogen and oxygen atoms in total. The van der Waals surface area contributed by atoms with E-state index in [2.05, 4.69) is 77.7 Å². The van der Waals surface area contributed by atoms with E-state index in [1.807, 2.05) is 12.3 Å². The van der Waals surface area contributed by atoms with Crippen molar-refractivity contribution in [3.63, 3.8) is 0 Å². The van der Waals surface area contributed by atoms with Crippen LogP contribution in [0.1, 0.15) is 11.1 Å². The second-order valence-corrected chi connectivity index (χ2v) is 6.87. The van der Waals surface area contributed by atoms with E-state index in [-0.39, 0.29) is 0 Å². The van der Waals surface area contributed by atoms with Crippen molar-refractivity contribution in [1.82, 2.24) is 4.98 Å². The summed E-state index contributed by atoms with van der Waals surface area (Å²) >= 11 is 0. The van der Waals surface area contributed by atoms with E-state index in [0.717, 1.165) is 12.2 Å². The lowest BCUT2D eigenvalue weighted by Gasteiger charge is -2.33. The van der Waals surface area contributed by atoms with Gasteiger partial charge in [0, 0.05) is 23.7 Å². The van der Waals surface area contributed by atoms with Gasteiger partial charge in [0.2, 0.25) is 0 Å². The highest BCUT2D eigenvalue weighted by Crippen LogP contribution is 2.53. The minimum Gasteiger partial charge on any atom is -0.293 e. The number of rotatable bonds is 0. The Hall–Kier alpha value is -3.39. The van der Waals surface area contributed by atoms with Gasteiger partial charge >= 0.3 is 0 Å². The lowest BCUT2D eigenvalue weighted by Crippen LogP contribution is -2.20. The van der Waals surface area contributed by atoms with Crippen LogP contribution in [-0.4, -0.2) is 4.98 Å². The maximum atomic E-state index is 4.77. The summed E-state index contributed by atoms with van der Waals surface area (Å²) in [6.07, 6.45) is 2.82. The Morgan fingerprint density at radius 1 is 0.615 bits per heavy atom. The van der Waals surface area contributed by atoms with Gasteiger partial charge in [-0.1, -0.05) is 66.7 Å². The molecule has 2 aliphatic heterocycles. The zero-order valence-corrected chi connectivity index (χ0v) is 14.2. The first-order valence-corrected chi connectivity index (χ1v) is 8.96. The summed E-state index contributed by atoms with van der Waals surface area (Å²) in [5.41, 5.74) is 10.2. The molecule has 0 atom stereocenters. The molecule has 0 N–H and O–H groups in total. The van der Waals surface area contributed by atoms with Crippen LogP contribution >= 0.6 is 0 Å². The Balaban J connectivity index is 1.82. The lowest BCUT2D eigenvalue weighted by molar-refractivity contribution is 1.04. The molecule has 2 heteroatoms. The number of benzene rings is 3. The van der Waals surface area contributed by atoms with Gasteiger partial charge < -0.3 is 0 Å². The predicted molar refractivity (Wildman–Crippen MR) is 106 cm³/mol. The van der Waals surface area contributed by atoms with Crippen LogP contribution in [0, 0.1) is 0 Å². The molecule has 0 unspecified atom stereocenters. The lowest BCUT2D eigenvalue weighted by atomic mass is 9.91. The summed E-state index contributed by atoms with van der Waals surface area (Å²) in [5, 5.41) is 0. The molecule has 0 amide bonds. The third-order valence-electron chi connectivity index (χ3n) is 5.46. The number of hydrogen-bond acceptors (Lipinski definition) is 2. The zero-order chi connectivity index (χ0) is 17.1. The molecule has 26 heavy (non-hydrogen) atoms. The molecule has 0 fully saturated rings. The molecule has 3 aromatic carbocycles. The monoisotopic (exact) mass is 332 g/mol. The van der Waals surface area contributed by atoms with Gasteiger partial charge in [0.25, 0.3) is 0 Å². The maximum absolute atomic E-state index is 4.77. The van der Waals surface area contributed by atoms with Crippen molar-refractivity contribution >= 4 is 17.2 Å². The summed E-state index contributed by atoms with van der Waals surface area (Å²) in [6, 6.07) is 28.3. The molecular formula is C24H16N2. The van der Waals surface area contributed by atoms with Crippen LogP contribution in [0.4, 0.5) is 17.2 Å². The second kappa shape index (κ2) is 5.06. The van der Waals surface area contributed by atoms with Gasteiger partial charge in [-0.25, -0.2) is 4.98 Å². The number of anilines is 3. The molecule has 0 saturated carbocycles. The summed E-state index contributed by atoms with van der Waals surface area (Å²) in [5.74, 6) is 1.05. The first-order chi connectivity index (χ1) is 12.9. The van der Waals surface area contributed by atoms with Crippen LogP contribution in [0.5, 0.6) is 0 Å². The maximum Gasteiger partial charge on any atom is 0.141 e. The SMILES string of the molecule is c1cnc2c(c1)Cc1cccc3c1N2c1ccccc1-c1ccccc1-3. The highest BCUT2D eigenvalue weighted by Gasteiger charge is 2.32. The van der Waals surface area contributed by atoms with E-state index < -0.39 is 0 Å². The standard InChI is InChI=1S/C24H16N2/c1-2-10-19-18(9-1)20-11-3-4-13-22(20)26-23-16(7-5-12-21(19)23)15-17-8-6-14-25-24(17)26/h1-14H,15H2. The third kappa shape index (κ3) is 1.73. The zero-order valence-electron chi connectivity index (χ0n) is 14.2. The van der Waals surface area contributed by atoms with Gasteiger partial charge in [-0.05, 0) is 34.4 Å². The Bertz CT molecular complexity index is 1180. The molecule has 0 radical (unpaired) electrons. The fourth-order valence-corrected chi connectivity index (χ4v) is 4.38. The molecule has 0 saturated heterocycles. The topological polar surface area (TPSA) is 16.1 Å². The quantitative estimate of drug-likeness (QED) is 0.334. The van der Waals surface area contributed by atoms with Crippen LogP contribution in [-0.2, 0) is 6.42 Å². The second-order valence-electron chi connectivity index (χ2n) is 6.87. The van der Waals surface area contributed by atoms with Crippen molar-refractivity contribution in [1.29, 1.82) is 0 Å². The summed E-state index contributed by atoms with van der Waals surface area (Å²) in [6.45, 7) is 0.